The van der Waals surface area contributed by atoms with E-state index in [2.05, 4.69) is 30.6 Å². The summed E-state index contributed by atoms with van der Waals surface area (Å²) in [5.41, 5.74) is 1.67. The lowest BCUT2D eigenvalue weighted by Crippen LogP contribution is -2.04. The predicted octanol–water partition coefficient (Wildman–Crippen LogP) is 7.14. The predicted molar refractivity (Wildman–Crippen MR) is 158 cm³/mol. The fourth-order valence-electron chi connectivity index (χ4n) is 3.96. The van der Waals surface area contributed by atoms with Gasteiger partial charge >= 0.3 is 0 Å². The highest BCUT2D eigenvalue weighted by molar-refractivity contribution is 7.20. The number of halogens is 3. The average Bonchev–Trinajstić information content (AvgIpc) is 3.74. The van der Waals surface area contributed by atoms with Crippen molar-refractivity contribution in [3.05, 3.63) is 93.4 Å². The van der Waals surface area contributed by atoms with Gasteiger partial charge in [0.25, 0.3) is 0 Å². The summed E-state index contributed by atoms with van der Waals surface area (Å²) >= 11 is 21.9. The van der Waals surface area contributed by atoms with Crippen LogP contribution in [0.1, 0.15) is 11.6 Å². The van der Waals surface area contributed by atoms with E-state index in [-0.39, 0.29) is 13.2 Å². The van der Waals surface area contributed by atoms with E-state index in [0.717, 1.165) is 21.1 Å². The van der Waals surface area contributed by atoms with Crippen LogP contribution < -0.4 is 9.47 Å². The van der Waals surface area contributed by atoms with Gasteiger partial charge in [0.15, 0.2) is 11.6 Å². The number of rotatable bonds is 8. The van der Waals surface area contributed by atoms with Gasteiger partial charge in [0.1, 0.15) is 34.7 Å². The zero-order valence-electron chi connectivity index (χ0n) is 20.6. The minimum absolute atomic E-state index is 0.113. The zero-order valence-corrected chi connectivity index (χ0v) is 24.5. The first-order chi connectivity index (χ1) is 20.0. The Kier molecular flexibility index (Phi) is 6.93. The van der Waals surface area contributed by atoms with Gasteiger partial charge < -0.3 is 9.47 Å². The van der Waals surface area contributed by atoms with Gasteiger partial charge in [-0.15, -0.1) is 20.4 Å². The summed E-state index contributed by atoms with van der Waals surface area (Å²) in [6.45, 7) is 0.251. The van der Waals surface area contributed by atoms with E-state index in [0.29, 0.717) is 48.1 Å². The van der Waals surface area contributed by atoms with Crippen molar-refractivity contribution < 1.29 is 9.47 Å². The van der Waals surface area contributed by atoms with Gasteiger partial charge in [-0.2, -0.15) is 19.2 Å². The Labute approximate surface area is 254 Å². The van der Waals surface area contributed by atoms with Crippen molar-refractivity contribution in [2.45, 2.75) is 13.2 Å². The minimum atomic E-state index is 0.113. The lowest BCUT2D eigenvalue weighted by Gasteiger charge is -2.09. The number of aromatic nitrogens is 8. The molecule has 204 valence electrons. The number of hydrogen-bond donors (Lipinski definition) is 0. The van der Waals surface area contributed by atoms with Crippen LogP contribution in [0.25, 0.3) is 31.1 Å². The summed E-state index contributed by atoms with van der Waals surface area (Å²) in [6, 6.07) is 20.2. The molecule has 0 aliphatic rings. The van der Waals surface area contributed by atoms with E-state index in [9.17, 15) is 0 Å². The third-order valence-electron chi connectivity index (χ3n) is 5.95. The maximum atomic E-state index is 6.50. The second-order valence-electron chi connectivity index (χ2n) is 8.56. The first-order valence-electron chi connectivity index (χ1n) is 12.0. The van der Waals surface area contributed by atoms with E-state index in [4.69, 9.17) is 44.3 Å². The summed E-state index contributed by atoms with van der Waals surface area (Å²) in [7, 11) is 0. The van der Waals surface area contributed by atoms with Gasteiger partial charge in [-0.3, -0.25) is 0 Å². The quantitative estimate of drug-likeness (QED) is 0.173. The van der Waals surface area contributed by atoms with Crippen LogP contribution in [0, 0.1) is 0 Å². The van der Waals surface area contributed by atoms with Crippen molar-refractivity contribution in [3.63, 3.8) is 0 Å². The summed E-state index contributed by atoms with van der Waals surface area (Å²) in [6.07, 6.45) is 0. The summed E-state index contributed by atoms with van der Waals surface area (Å²) in [5.74, 6) is 2.07. The molecular formula is C26H15Cl3N8O2S2. The molecule has 0 bridgehead atoms. The van der Waals surface area contributed by atoms with Crippen molar-refractivity contribution in [1.29, 1.82) is 0 Å². The van der Waals surface area contributed by atoms with Crippen LogP contribution >= 0.6 is 57.5 Å². The van der Waals surface area contributed by atoms with E-state index < -0.39 is 0 Å². The van der Waals surface area contributed by atoms with Gasteiger partial charge in [-0.25, -0.2) is 0 Å². The Bertz CT molecular complexity index is 2040. The molecule has 0 fully saturated rings. The normalized spacial score (nSPS) is 11.5. The standard InChI is InChI=1S/C26H15Cl3N8O2S2/c27-17-7-3-1-5-15(17)23-34-36-21(30-32-25(36)40-23)12-38-14-9-10-20(19(29)11-14)39-13-22-31-33-26-37(22)35-24(41-26)16-6-2-4-8-18(16)28/h1-11H,12-13H2. The van der Waals surface area contributed by atoms with Gasteiger partial charge in [-0.05, 0) is 24.3 Å². The van der Waals surface area contributed by atoms with Crippen molar-refractivity contribution in [3.8, 4) is 32.6 Å². The zero-order chi connectivity index (χ0) is 27.9. The van der Waals surface area contributed by atoms with E-state index >= 15 is 0 Å². The molecule has 41 heavy (non-hydrogen) atoms. The maximum absolute atomic E-state index is 6.50. The molecule has 0 spiro atoms. The number of ether oxygens (including phenoxy) is 2. The summed E-state index contributed by atoms with van der Waals surface area (Å²) in [5, 5.41) is 29.1. The lowest BCUT2D eigenvalue weighted by molar-refractivity contribution is 0.284. The number of benzene rings is 3. The molecule has 4 heterocycles. The molecular weight excluding hydrogens is 627 g/mol. The second kappa shape index (κ2) is 10.9. The van der Waals surface area contributed by atoms with E-state index in [1.165, 1.54) is 22.7 Å². The Morgan fingerprint density at radius 1 is 0.610 bits per heavy atom. The molecule has 15 heteroatoms. The molecule has 10 nitrogen and oxygen atoms in total. The van der Waals surface area contributed by atoms with Gasteiger partial charge in [0.05, 0.1) is 15.1 Å². The molecule has 0 aliphatic carbocycles. The molecule has 3 aromatic carbocycles. The van der Waals surface area contributed by atoms with Crippen molar-refractivity contribution in [2.75, 3.05) is 0 Å². The highest BCUT2D eigenvalue weighted by Crippen LogP contribution is 2.33. The van der Waals surface area contributed by atoms with Crippen LogP contribution in [0.4, 0.5) is 0 Å². The lowest BCUT2D eigenvalue weighted by atomic mass is 10.2. The topological polar surface area (TPSA) is 105 Å². The molecule has 0 N–H and O–H groups in total. The summed E-state index contributed by atoms with van der Waals surface area (Å²) in [4.78, 5) is 1.28. The Hall–Kier alpha value is -3.81. The van der Waals surface area contributed by atoms with Gasteiger partial charge in [-0.1, -0.05) is 93.9 Å². The molecule has 0 unspecified atom stereocenters. The second-order valence-corrected chi connectivity index (χ2v) is 11.7. The first-order valence-corrected chi connectivity index (χ1v) is 14.8. The minimum Gasteiger partial charge on any atom is -0.485 e. The molecule has 7 aromatic rings. The average molecular weight is 642 g/mol. The fraction of sp³-hybridized carbons (Fsp3) is 0.0769. The molecule has 0 atom stereocenters. The van der Waals surface area contributed by atoms with Gasteiger partial charge in [0, 0.05) is 17.2 Å². The Morgan fingerprint density at radius 2 is 1.15 bits per heavy atom. The van der Waals surface area contributed by atoms with E-state index in [1.54, 1.807) is 27.2 Å². The highest BCUT2D eigenvalue weighted by atomic mass is 35.5. The van der Waals surface area contributed by atoms with Crippen LogP contribution in [0.15, 0.2) is 66.7 Å². The third kappa shape index (κ3) is 5.09. The maximum Gasteiger partial charge on any atom is 0.235 e. The monoisotopic (exact) mass is 640 g/mol. The number of fused-ring (bicyclic) bond motifs is 2. The molecule has 0 radical (unpaired) electrons. The molecule has 0 amide bonds. The number of hydrogen-bond acceptors (Lipinski definition) is 10. The van der Waals surface area contributed by atoms with Crippen LogP contribution in [0.5, 0.6) is 11.5 Å². The van der Waals surface area contributed by atoms with Crippen molar-refractivity contribution in [2.24, 2.45) is 0 Å². The molecule has 4 aromatic heterocycles. The fourth-order valence-corrected chi connectivity index (χ4v) is 6.54. The van der Waals surface area contributed by atoms with Crippen LogP contribution in [0.2, 0.25) is 15.1 Å². The van der Waals surface area contributed by atoms with Gasteiger partial charge in [0.2, 0.25) is 9.92 Å². The Balaban J connectivity index is 1.03. The summed E-state index contributed by atoms with van der Waals surface area (Å²) < 4.78 is 15.1. The van der Waals surface area contributed by atoms with Crippen LogP contribution in [0.3, 0.4) is 0 Å². The molecule has 0 saturated heterocycles. The number of nitrogens with zero attached hydrogens (tertiary/aromatic N) is 8. The molecule has 0 aliphatic heterocycles. The molecule has 0 saturated carbocycles. The van der Waals surface area contributed by atoms with Crippen LogP contribution in [-0.2, 0) is 13.2 Å². The third-order valence-corrected chi connectivity index (χ3v) is 8.77. The largest absolute Gasteiger partial charge is 0.485 e. The van der Waals surface area contributed by atoms with Crippen molar-refractivity contribution >= 4 is 67.4 Å². The Morgan fingerprint density at radius 3 is 1.68 bits per heavy atom. The van der Waals surface area contributed by atoms with Crippen molar-refractivity contribution in [1.82, 2.24) is 39.6 Å². The van der Waals surface area contributed by atoms with E-state index in [1.807, 2.05) is 48.5 Å². The smallest absolute Gasteiger partial charge is 0.235 e. The first kappa shape index (κ1) is 26.1. The SMILES string of the molecule is Clc1cc(OCc2nnc3sc(-c4ccccc4Cl)nn23)ccc1OCc1nnc2sc(-c3ccccc3Cl)nn12. The highest BCUT2D eigenvalue weighted by Gasteiger charge is 2.17. The molecule has 7 rings (SSSR count). The van der Waals surface area contributed by atoms with Crippen LogP contribution in [-0.4, -0.2) is 39.6 Å².